The Balaban J connectivity index is 1.46. The monoisotopic (exact) mass is 461 g/mol. The second-order valence-corrected chi connectivity index (χ2v) is 8.89. The van der Waals surface area contributed by atoms with Crippen LogP contribution in [-0.2, 0) is 6.54 Å². The average Bonchev–Trinajstić information content (AvgIpc) is 3.46. The maximum absolute atomic E-state index is 13.2. The van der Waals surface area contributed by atoms with Gasteiger partial charge in [-0.15, -0.1) is 10.2 Å². The summed E-state index contributed by atoms with van der Waals surface area (Å²) in [5, 5.41) is 9.01. The highest BCUT2D eigenvalue weighted by molar-refractivity contribution is 8.00. The summed E-state index contributed by atoms with van der Waals surface area (Å²) in [7, 11) is 0. The van der Waals surface area contributed by atoms with Crippen molar-refractivity contribution in [1.29, 1.82) is 0 Å². The number of aromatic nitrogens is 3. The fourth-order valence-corrected chi connectivity index (χ4v) is 4.53. The summed E-state index contributed by atoms with van der Waals surface area (Å²) >= 11 is 1.33. The molecule has 2 heterocycles. The van der Waals surface area contributed by atoms with E-state index in [1.165, 1.54) is 36.0 Å². The van der Waals surface area contributed by atoms with Gasteiger partial charge in [-0.1, -0.05) is 48.2 Å². The van der Waals surface area contributed by atoms with Crippen molar-refractivity contribution in [2.75, 3.05) is 6.79 Å². The van der Waals surface area contributed by atoms with Crippen molar-refractivity contribution < 1.29 is 18.7 Å². The minimum atomic E-state index is -0.432. The molecule has 8 heteroatoms. The van der Waals surface area contributed by atoms with Crippen LogP contribution in [0.3, 0.4) is 0 Å². The number of benzene rings is 3. The first-order chi connectivity index (χ1) is 16.1. The van der Waals surface area contributed by atoms with E-state index in [1.54, 1.807) is 0 Å². The molecule has 0 aliphatic carbocycles. The van der Waals surface area contributed by atoms with Gasteiger partial charge in [-0.3, -0.25) is 9.36 Å². The second kappa shape index (κ2) is 9.07. The summed E-state index contributed by atoms with van der Waals surface area (Å²) < 4.78 is 26.2. The number of thioether (sulfide) groups is 1. The lowest BCUT2D eigenvalue weighted by atomic mass is 10.1. The molecule has 0 amide bonds. The molecule has 1 unspecified atom stereocenters. The van der Waals surface area contributed by atoms with E-state index in [-0.39, 0.29) is 18.4 Å². The molecule has 1 aromatic heterocycles. The van der Waals surface area contributed by atoms with Crippen LogP contribution in [-0.4, -0.2) is 32.6 Å². The van der Waals surface area contributed by atoms with Crippen molar-refractivity contribution in [1.82, 2.24) is 14.8 Å². The topological polar surface area (TPSA) is 66.2 Å². The minimum Gasteiger partial charge on any atom is -0.454 e. The number of Topliss-reactive ketones (excluding diaryl/α,β-unsaturated/α-hetero) is 1. The summed E-state index contributed by atoms with van der Waals surface area (Å²) in [6.45, 7) is 2.52. The van der Waals surface area contributed by atoms with Crippen LogP contribution in [0.1, 0.15) is 22.8 Å². The number of halogens is 1. The maximum atomic E-state index is 13.2. The van der Waals surface area contributed by atoms with Crippen LogP contribution in [0, 0.1) is 5.82 Å². The van der Waals surface area contributed by atoms with Crippen molar-refractivity contribution >= 4 is 17.5 Å². The van der Waals surface area contributed by atoms with Crippen molar-refractivity contribution in [3.05, 3.63) is 89.7 Å². The van der Waals surface area contributed by atoms with E-state index in [2.05, 4.69) is 10.2 Å². The average molecular weight is 462 g/mol. The molecule has 166 valence electrons. The summed E-state index contributed by atoms with van der Waals surface area (Å²) in [6, 6.07) is 21.2. The minimum absolute atomic E-state index is 0.0982. The molecule has 0 fully saturated rings. The lowest BCUT2D eigenvalue weighted by Gasteiger charge is -2.14. The third-order valence-electron chi connectivity index (χ3n) is 5.31. The molecule has 0 saturated carbocycles. The Hall–Kier alpha value is -3.65. The number of rotatable bonds is 7. The Morgan fingerprint density at radius 1 is 1.03 bits per heavy atom. The molecule has 4 aromatic rings. The quantitative estimate of drug-likeness (QED) is 0.278. The molecule has 1 atom stereocenters. The lowest BCUT2D eigenvalue weighted by molar-refractivity contribution is 0.0993. The van der Waals surface area contributed by atoms with Crippen molar-refractivity contribution in [3.8, 4) is 22.9 Å². The number of carbonyl (C=O) groups excluding carboxylic acids is 1. The van der Waals surface area contributed by atoms with Crippen LogP contribution >= 0.6 is 11.8 Å². The largest absolute Gasteiger partial charge is 0.454 e. The standard InChI is InChI=1S/C25H20FN3O3S/c1-16(23(30)18-8-10-20(26)11-9-18)33-25-28-27-24(19-5-3-2-4-6-19)29(25)14-17-7-12-21-22(13-17)32-15-31-21/h2-13,16H,14-15H2,1H3. The fourth-order valence-electron chi connectivity index (χ4n) is 3.60. The predicted molar refractivity (Wildman–Crippen MR) is 123 cm³/mol. The molecule has 1 aliphatic heterocycles. The van der Waals surface area contributed by atoms with Crippen molar-refractivity contribution in [2.24, 2.45) is 0 Å². The SMILES string of the molecule is CC(Sc1nnc(-c2ccccc2)n1Cc1ccc2c(c1)OCO2)C(=O)c1ccc(F)cc1. The van der Waals surface area contributed by atoms with Gasteiger partial charge in [-0.2, -0.15) is 0 Å². The number of hydrogen-bond acceptors (Lipinski definition) is 6. The normalized spacial score (nSPS) is 13.2. The van der Waals surface area contributed by atoms with Gasteiger partial charge in [0.15, 0.2) is 28.3 Å². The smallest absolute Gasteiger partial charge is 0.231 e. The maximum Gasteiger partial charge on any atom is 0.231 e. The number of fused-ring (bicyclic) bond motifs is 1. The van der Waals surface area contributed by atoms with Gasteiger partial charge in [-0.05, 0) is 48.9 Å². The summed E-state index contributed by atoms with van der Waals surface area (Å²) in [6.07, 6.45) is 0. The van der Waals surface area contributed by atoms with Crippen LogP contribution in [0.5, 0.6) is 11.5 Å². The summed E-state index contributed by atoms with van der Waals surface area (Å²) in [4.78, 5) is 12.9. The third-order valence-corrected chi connectivity index (χ3v) is 6.39. The highest BCUT2D eigenvalue weighted by Gasteiger charge is 2.23. The van der Waals surface area contributed by atoms with Gasteiger partial charge in [0, 0.05) is 11.1 Å². The molecule has 33 heavy (non-hydrogen) atoms. The molecular weight excluding hydrogens is 441 g/mol. The molecule has 3 aromatic carbocycles. The molecule has 0 N–H and O–H groups in total. The number of ketones is 1. The van der Waals surface area contributed by atoms with Gasteiger partial charge in [0.1, 0.15) is 5.82 Å². The first kappa shape index (κ1) is 21.2. The van der Waals surface area contributed by atoms with Crippen LogP contribution in [0.15, 0.2) is 78.0 Å². The van der Waals surface area contributed by atoms with E-state index in [0.29, 0.717) is 28.8 Å². The molecule has 1 aliphatic rings. The second-order valence-electron chi connectivity index (χ2n) is 7.58. The number of ether oxygens (including phenoxy) is 2. The van der Waals surface area contributed by atoms with Crippen LogP contribution in [0.25, 0.3) is 11.4 Å². The number of hydrogen-bond donors (Lipinski definition) is 0. The molecule has 6 nitrogen and oxygen atoms in total. The molecular formula is C25H20FN3O3S. The van der Waals surface area contributed by atoms with Gasteiger partial charge in [0.25, 0.3) is 0 Å². The summed E-state index contributed by atoms with van der Waals surface area (Å²) in [5.74, 6) is 1.66. The van der Waals surface area contributed by atoms with E-state index in [9.17, 15) is 9.18 Å². The molecule has 0 saturated heterocycles. The first-order valence-electron chi connectivity index (χ1n) is 10.4. The molecule has 0 bridgehead atoms. The number of carbonyl (C=O) groups is 1. The zero-order chi connectivity index (χ0) is 22.8. The Bertz CT molecular complexity index is 1290. The molecule has 5 rings (SSSR count). The van der Waals surface area contributed by atoms with Crippen molar-refractivity contribution in [2.45, 2.75) is 23.9 Å². The Morgan fingerprint density at radius 3 is 2.58 bits per heavy atom. The van der Waals surface area contributed by atoms with Crippen LogP contribution < -0.4 is 9.47 Å². The van der Waals surface area contributed by atoms with E-state index in [1.807, 2.05) is 60.0 Å². The van der Waals surface area contributed by atoms with Gasteiger partial charge in [0.05, 0.1) is 11.8 Å². The molecule has 0 spiro atoms. The van der Waals surface area contributed by atoms with Gasteiger partial charge >= 0.3 is 0 Å². The zero-order valence-corrected chi connectivity index (χ0v) is 18.6. The van der Waals surface area contributed by atoms with E-state index in [4.69, 9.17) is 9.47 Å². The first-order valence-corrected chi connectivity index (χ1v) is 11.3. The Kier molecular flexibility index (Phi) is 5.83. The highest BCUT2D eigenvalue weighted by Crippen LogP contribution is 2.34. The van der Waals surface area contributed by atoms with Gasteiger partial charge in [0.2, 0.25) is 6.79 Å². The summed E-state index contributed by atoms with van der Waals surface area (Å²) in [5.41, 5.74) is 2.38. The van der Waals surface area contributed by atoms with E-state index >= 15 is 0 Å². The number of nitrogens with zero attached hydrogens (tertiary/aromatic N) is 3. The predicted octanol–water partition coefficient (Wildman–Crippen LogP) is 5.22. The van der Waals surface area contributed by atoms with Crippen LogP contribution in [0.2, 0.25) is 0 Å². The van der Waals surface area contributed by atoms with Gasteiger partial charge < -0.3 is 9.47 Å². The fraction of sp³-hybridized carbons (Fsp3) is 0.160. The highest BCUT2D eigenvalue weighted by atomic mass is 32.2. The Morgan fingerprint density at radius 2 is 1.79 bits per heavy atom. The lowest BCUT2D eigenvalue weighted by Crippen LogP contribution is -2.15. The van der Waals surface area contributed by atoms with Crippen molar-refractivity contribution in [3.63, 3.8) is 0 Å². The third kappa shape index (κ3) is 4.47. The molecule has 0 radical (unpaired) electrons. The zero-order valence-electron chi connectivity index (χ0n) is 17.8. The van der Waals surface area contributed by atoms with Gasteiger partial charge in [-0.25, -0.2) is 4.39 Å². The van der Waals surface area contributed by atoms with E-state index < -0.39 is 5.25 Å². The van der Waals surface area contributed by atoms with Crippen LogP contribution in [0.4, 0.5) is 4.39 Å². The Labute approximate surface area is 194 Å². The van der Waals surface area contributed by atoms with E-state index in [0.717, 1.165) is 16.9 Å².